The van der Waals surface area contributed by atoms with Crippen molar-refractivity contribution in [3.8, 4) is 0 Å². The van der Waals surface area contributed by atoms with E-state index in [-0.39, 0.29) is 0 Å². The second-order valence-electron chi connectivity index (χ2n) is 3.36. The van der Waals surface area contributed by atoms with Crippen LogP contribution in [0.3, 0.4) is 0 Å². The number of nitrogens with two attached hydrogens (primary N) is 1. The highest BCUT2D eigenvalue weighted by Crippen LogP contribution is 2.45. The van der Waals surface area contributed by atoms with Crippen LogP contribution >= 0.6 is 0 Å². The molecule has 0 aliphatic heterocycles. The maximum Gasteiger partial charge on any atom is 0.426 e. The minimum Gasteiger partial charge on any atom is -0.373 e. The average molecular weight is 281 g/mol. The summed E-state index contributed by atoms with van der Waals surface area (Å²) in [6.45, 7) is 0.762. The number of carbonyl (C=O) groups is 1. The fraction of sp³-hybridized carbons (Fsp3) is 0.714. The predicted octanol–water partition coefficient (Wildman–Crippen LogP) is 1.28. The summed E-state index contributed by atoms with van der Waals surface area (Å²) in [5.74, 6) is 0. The van der Waals surface area contributed by atoms with E-state index in [0.717, 1.165) is 6.92 Å². The number of hydrogen-bond donors (Lipinski definition) is 3. The normalized spacial score (nSPS) is 14.6. The summed E-state index contributed by atoms with van der Waals surface area (Å²) < 4.78 is 73.3. The molecular formula is C7H9F6N3O2. The van der Waals surface area contributed by atoms with Crippen LogP contribution in [0.25, 0.3) is 0 Å². The topological polar surface area (TPSA) is 87.7 Å². The monoisotopic (exact) mass is 281 g/mol. The van der Waals surface area contributed by atoms with E-state index in [9.17, 15) is 31.1 Å². The van der Waals surface area contributed by atoms with Crippen LogP contribution in [-0.4, -0.2) is 34.8 Å². The number of rotatable bonds is 3. The Morgan fingerprint density at radius 2 is 1.61 bits per heavy atom. The number of nitrogens with one attached hydrogen (secondary N) is 1. The average Bonchev–Trinajstić information content (AvgIpc) is 2.10. The molecule has 4 N–H and O–H groups in total. The lowest BCUT2D eigenvalue weighted by Crippen LogP contribution is -2.57. The van der Waals surface area contributed by atoms with Gasteiger partial charge >= 0.3 is 18.4 Å². The molecule has 0 aromatic carbocycles. The lowest BCUT2D eigenvalue weighted by Gasteiger charge is -2.32. The van der Waals surface area contributed by atoms with Crippen molar-refractivity contribution >= 4 is 11.7 Å². The van der Waals surface area contributed by atoms with Gasteiger partial charge in [0.1, 0.15) is 0 Å². The number of carbonyl (C=O) groups excluding carboxylic acids is 1. The van der Waals surface area contributed by atoms with E-state index in [4.69, 9.17) is 5.11 Å². The molecule has 0 fully saturated rings. The molecule has 0 atom stereocenters. The molecule has 0 heterocycles. The third kappa shape index (κ3) is 3.75. The van der Waals surface area contributed by atoms with Crippen molar-refractivity contribution in [1.82, 2.24) is 5.43 Å². The Morgan fingerprint density at radius 3 is 1.89 bits per heavy atom. The summed E-state index contributed by atoms with van der Waals surface area (Å²) in [4.78, 5) is 10.2. The van der Waals surface area contributed by atoms with Crippen LogP contribution < -0.4 is 11.2 Å². The van der Waals surface area contributed by atoms with Crippen LogP contribution in [0.4, 0.5) is 31.1 Å². The number of alkyl halides is 6. The van der Waals surface area contributed by atoms with Crippen LogP contribution in [0, 0.1) is 0 Å². The van der Waals surface area contributed by atoms with Gasteiger partial charge in [-0.05, 0) is 6.92 Å². The highest BCUT2D eigenvalue weighted by molar-refractivity contribution is 5.84. The molecule has 0 aromatic heterocycles. The zero-order valence-corrected chi connectivity index (χ0v) is 8.85. The summed E-state index contributed by atoms with van der Waals surface area (Å²) in [6, 6.07) is -1.27. The number of nitrogens with zero attached hydrogens (tertiary/aromatic N) is 1. The second-order valence-corrected chi connectivity index (χ2v) is 3.36. The van der Waals surface area contributed by atoms with E-state index in [0.29, 0.717) is 0 Å². The number of aliphatic hydroxyl groups is 1. The molecule has 0 unspecified atom stereocenters. The van der Waals surface area contributed by atoms with Crippen molar-refractivity contribution in [2.24, 2.45) is 10.8 Å². The van der Waals surface area contributed by atoms with Crippen LogP contribution in [0.15, 0.2) is 5.10 Å². The first-order valence-electron chi connectivity index (χ1n) is 4.25. The maximum atomic E-state index is 12.2. The first-order chi connectivity index (χ1) is 7.81. The Kier molecular flexibility index (Phi) is 4.58. The highest BCUT2D eigenvalue weighted by Gasteiger charge is 2.70. The van der Waals surface area contributed by atoms with E-state index >= 15 is 0 Å². The number of primary amides is 1. The Morgan fingerprint density at radius 1 is 1.22 bits per heavy atom. The lowest BCUT2D eigenvalue weighted by atomic mass is 9.95. The number of amides is 2. The van der Waals surface area contributed by atoms with Gasteiger partial charge in [0, 0.05) is 12.1 Å². The van der Waals surface area contributed by atoms with Gasteiger partial charge in [0.05, 0.1) is 0 Å². The largest absolute Gasteiger partial charge is 0.426 e. The van der Waals surface area contributed by atoms with Gasteiger partial charge < -0.3 is 10.8 Å². The molecule has 0 radical (unpaired) electrons. The first-order valence-corrected chi connectivity index (χ1v) is 4.25. The number of hydrazone groups is 1. The molecule has 0 aromatic rings. The van der Waals surface area contributed by atoms with Gasteiger partial charge in [0.25, 0.3) is 5.60 Å². The third-order valence-corrected chi connectivity index (χ3v) is 1.81. The summed E-state index contributed by atoms with van der Waals surface area (Å²) in [6.07, 6.45) is -13.7. The summed E-state index contributed by atoms with van der Waals surface area (Å²) >= 11 is 0. The summed E-state index contributed by atoms with van der Waals surface area (Å²) in [7, 11) is 0. The van der Waals surface area contributed by atoms with Crippen LogP contribution in [0.1, 0.15) is 13.3 Å². The number of halogens is 6. The second kappa shape index (κ2) is 5.00. The van der Waals surface area contributed by atoms with E-state index < -0.39 is 36.1 Å². The molecule has 0 aliphatic rings. The van der Waals surface area contributed by atoms with Gasteiger partial charge in [0.2, 0.25) is 0 Å². The van der Waals surface area contributed by atoms with Crippen LogP contribution in [-0.2, 0) is 0 Å². The Hall–Kier alpha value is -1.52. The zero-order chi connectivity index (χ0) is 14.8. The molecule has 106 valence electrons. The minimum absolute atomic E-state index is 0.762. The molecule has 0 saturated carbocycles. The Labute approximate surface area is 96.6 Å². The summed E-state index contributed by atoms with van der Waals surface area (Å²) in [5.41, 5.74) is 0.226. The van der Waals surface area contributed by atoms with Crippen LogP contribution in [0.2, 0.25) is 0 Å². The van der Waals surface area contributed by atoms with Gasteiger partial charge in [-0.15, -0.1) is 0 Å². The van der Waals surface area contributed by atoms with Gasteiger partial charge in [-0.1, -0.05) is 0 Å². The Balaban J connectivity index is 5.18. The fourth-order valence-electron chi connectivity index (χ4n) is 0.921. The van der Waals surface area contributed by atoms with Gasteiger partial charge in [-0.2, -0.15) is 31.4 Å². The predicted molar refractivity (Wildman–Crippen MR) is 47.5 cm³/mol. The van der Waals surface area contributed by atoms with Crippen molar-refractivity contribution < 1.29 is 36.2 Å². The molecule has 0 saturated heterocycles. The zero-order valence-electron chi connectivity index (χ0n) is 8.85. The molecule has 5 nitrogen and oxygen atoms in total. The third-order valence-electron chi connectivity index (χ3n) is 1.81. The van der Waals surface area contributed by atoms with Gasteiger partial charge in [-0.25, -0.2) is 10.2 Å². The molecule has 0 aliphatic carbocycles. The Bertz CT molecular complexity index is 334. The smallest absolute Gasteiger partial charge is 0.373 e. The van der Waals surface area contributed by atoms with Crippen molar-refractivity contribution in [1.29, 1.82) is 0 Å². The maximum absolute atomic E-state index is 12.2. The molecule has 18 heavy (non-hydrogen) atoms. The van der Waals surface area contributed by atoms with Gasteiger partial charge in [-0.3, -0.25) is 0 Å². The summed E-state index contributed by atoms with van der Waals surface area (Å²) in [5, 5.41) is 11.6. The molecule has 0 bridgehead atoms. The molecule has 11 heteroatoms. The number of urea groups is 1. The molecule has 0 rings (SSSR count). The van der Waals surface area contributed by atoms with Crippen molar-refractivity contribution in [3.63, 3.8) is 0 Å². The van der Waals surface area contributed by atoms with Crippen LogP contribution in [0.5, 0.6) is 0 Å². The fourth-order valence-corrected chi connectivity index (χ4v) is 0.921. The first kappa shape index (κ1) is 16.5. The minimum atomic E-state index is -5.94. The van der Waals surface area contributed by atoms with E-state index in [1.807, 2.05) is 0 Å². The van der Waals surface area contributed by atoms with Crippen molar-refractivity contribution in [2.45, 2.75) is 31.3 Å². The number of hydrogen-bond acceptors (Lipinski definition) is 3. The van der Waals surface area contributed by atoms with E-state index in [1.54, 1.807) is 0 Å². The lowest BCUT2D eigenvalue weighted by molar-refractivity contribution is -0.365. The SMILES string of the molecule is CC(CC(O)(C(F)(F)F)C(F)(F)F)=NNC(N)=O. The quantitative estimate of drug-likeness (QED) is 0.413. The van der Waals surface area contributed by atoms with Crippen molar-refractivity contribution in [2.75, 3.05) is 0 Å². The highest BCUT2D eigenvalue weighted by atomic mass is 19.4. The van der Waals surface area contributed by atoms with Crippen molar-refractivity contribution in [3.05, 3.63) is 0 Å². The van der Waals surface area contributed by atoms with E-state index in [1.165, 1.54) is 5.43 Å². The van der Waals surface area contributed by atoms with E-state index in [2.05, 4.69) is 10.8 Å². The molecule has 2 amide bonds. The standard InChI is InChI=1S/C7H9F6N3O2/c1-3(15-16-4(14)17)2-5(18,6(8,9)10)7(11,12)13/h18H,2H2,1H3,(H3,14,16,17). The van der Waals surface area contributed by atoms with Gasteiger partial charge in [0.15, 0.2) is 0 Å². The molecule has 0 spiro atoms. The molecular weight excluding hydrogens is 272 g/mol.